The Morgan fingerprint density at radius 2 is 2.18 bits per heavy atom. The lowest BCUT2D eigenvalue weighted by molar-refractivity contribution is -0.145. The third-order valence-corrected chi connectivity index (χ3v) is 3.61. The molecule has 1 fully saturated rings. The van der Waals surface area contributed by atoms with Crippen LogP contribution in [0.25, 0.3) is 0 Å². The molecular formula is C14H14F3N3O2. The van der Waals surface area contributed by atoms with Crippen LogP contribution in [0.4, 0.5) is 19.0 Å². The zero-order valence-electron chi connectivity index (χ0n) is 11.8. The molecule has 0 aromatic carbocycles. The van der Waals surface area contributed by atoms with E-state index in [2.05, 4.69) is 15.0 Å². The van der Waals surface area contributed by atoms with Gasteiger partial charge in [0.15, 0.2) is 0 Å². The summed E-state index contributed by atoms with van der Waals surface area (Å²) in [5.41, 5.74) is -1.02. The normalized spacial score (nSPS) is 21.2. The highest BCUT2D eigenvalue weighted by Crippen LogP contribution is 2.32. The minimum atomic E-state index is -4.57. The largest absolute Gasteiger partial charge is 0.469 e. The van der Waals surface area contributed by atoms with Crippen LogP contribution in [-0.2, 0) is 15.7 Å². The van der Waals surface area contributed by atoms with Crippen molar-refractivity contribution in [2.75, 3.05) is 12.4 Å². The first-order valence-electron chi connectivity index (χ1n) is 6.68. The molecule has 1 heterocycles. The standard InChI is InChI=1S/C14H14F3N3O2/c1-22-13(21)8-2-4-10(6-8)19-12-9(7-18)3-5-11(20-12)14(15,16)17/h3,5,8,10H,2,4,6H2,1H3,(H,19,20)/t8-,10+/m0/s1. The zero-order valence-corrected chi connectivity index (χ0v) is 11.8. The molecule has 2 rings (SSSR count). The molecule has 0 aliphatic heterocycles. The number of ether oxygens (including phenoxy) is 1. The maximum absolute atomic E-state index is 12.7. The van der Waals surface area contributed by atoms with Crippen molar-refractivity contribution in [2.24, 2.45) is 5.92 Å². The summed E-state index contributed by atoms with van der Waals surface area (Å²) < 4.78 is 42.7. The fourth-order valence-corrected chi connectivity index (χ4v) is 2.50. The van der Waals surface area contributed by atoms with Crippen molar-refractivity contribution in [3.8, 4) is 6.07 Å². The van der Waals surface area contributed by atoms with E-state index in [1.54, 1.807) is 0 Å². The number of carbonyl (C=O) groups excluding carboxylic acids is 1. The molecule has 0 radical (unpaired) electrons. The van der Waals surface area contributed by atoms with Gasteiger partial charge in [-0.25, -0.2) is 4.98 Å². The van der Waals surface area contributed by atoms with E-state index in [0.717, 1.165) is 12.1 Å². The van der Waals surface area contributed by atoms with E-state index in [1.807, 2.05) is 6.07 Å². The Morgan fingerprint density at radius 1 is 1.45 bits per heavy atom. The van der Waals surface area contributed by atoms with Crippen molar-refractivity contribution in [3.63, 3.8) is 0 Å². The van der Waals surface area contributed by atoms with E-state index < -0.39 is 11.9 Å². The zero-order chi connectivity index (χ0) is 16.3. The van der Waals surface area contributed by atoms with Crippen LogP contribution in [0.1, 0.15) is 30.5 Å². The average Bonchev–Trinajstić information content (AvgIpc) is 2.94. The van der Waals surface area contributed by atoms with Crippen LogP contribution in [0.2, 0.25) is 0 Å². The molecule has 0 unspecified atom stereocenters. The number of hydrogen-bond acceptors (Lipinski definition) is 5. The highest BCUT2D eigenvalue weighted by molar-refractivity contribution is 5.72. The highest BCUT2D eigenvalue weighted by Gasteiger charge is 2.34. The predicted molar refractivity (Wildman–Crippen MR) is 70.7 cm³/mol. The van der Waals surface area contributed by atoms with E-state index in [0.29, 0.717) is 19.3 Å². The number of aromatic nitrogens is 1. The van der Waals surface area contributed by atoms with Gasteiger partial charge in [0.2, 0.25) is 0 Å². The molecule has 1 N–H and O–H groups in total. The van der Waals surface area contributed by atoms with Crippen LogP contribution in [0.15, 0.2) is 12.1 Å². The second kappa shape index (κ2) is 6.22. The summed E-state index contributed by atoms with van der Waals surface area (Å²) in [6, 6.07) is 3.46. The topological polar surface area (TPSA) is 75.0 Å². The van der Waals surface area contributed by atoms with Crippen LogP contribution in [0.5, 0.6) is 0 Å². The Labute approximate surface area is 125 Å². The second-order valence-electron chi connectivity index (χ2n) is 5.08. The molecule has 8 heteroatoms. The maximum Gasteiger partial charge on any atom is 0.433 e. The number of hydrogen-bond donors (Lipinski definition) is 1. The first-order valence-corrected chi connectivity index (χ1v) is 6.68. The third-order valence-electron chi connectivity index (χ3n) is 3.61. The lowest BCUT2D eigenvalue weighted by Crippen LogP contribution is -2.21. The second-order valence-corrected chi connectivity index (χ2v) is 5.08. The molecule has 0 bridgehead atoms. The molecule has 1 aliphatic rings. The summed E-state index contributed by atoms with van der Waals surface area (Å²) in [5.74, 6) is -0.714. The molecule has 1 aromatic heterocycles. The average molecular weight is 313 g/mol. The van der Waals surface area contributed by atoms with Gasteiger partial charge >= 0.3 is 12.1 Å². The fourth-order valence-electron chi connectivity index (χ4n) is 2.50. The van der Waals surface area contributed by atoms with Gasteiger partial charge in [0, 0.05) is 6.04 Å². The molecule has 22 heavy (non-hydrogen) atoms. The number of nitrogens with zero attached hydrogens (tertiary/aromatic N) is 2. The highest BCUT2D eigenvalue weighted by atomic mass is 19.4. The molecule has 1 aromatic rings. The number of nitriles is 1. The number of halogens is 3. The Hall–Kier alpha value is -2.30. The molecule has 0 saturated heterocycles. The van der Waals surface area contributed by atoms with Gasteiger partial charge in [-0.3, -0.25) is 4.79 Å². The van der Waals surface area contributed by atoms with E-state index >= 15 is 0 Å². The van der Waals surface area contributed by atoms with Gasteiger partial charge in [-0.1, -0.05) is 0 Å². The number of methoxy groups -OCH3 is 1. The van der Waals surface area contributed by atoms with Crippen LogP contribution < -0.4 is 5.32 Å². The summed E-state index contributed by atoms with van der Waals surface area (Å²) in [5, 5.41) is 11.8. The Morgan fingerprint density at radius 3 is 2.77 bits per heavy atom. The Bertz CT molecular complexity index is 610. The van der Waals surface area contributed by atoms with Crippen molar-refractivity contribution in [1.82, 2.24) is 4.98 Å². The van der Waals surface area contributed by atoms with Gasteiger partial charge in [-0.15, -0.1) is 0 Å². The van der Waals surface area contributed by atoms with Crippen LogP contribution in [0.3, 0.4) is 0 Å². The van der Waals surface area contributed by atoms with Crippen molar-refractivity contribution in [2.45, 2.75) is 31.5 Å². The van der Waals surface area contributed by atoms with Crippen molar-refractivity contribution in [1.29, 1.82) is 5.26 Å². The van der Waals surface area contributed by atoms with Crippen molar-refractivity contribution in [3.05, 3.63) is 23.4 Å². The molecule has 1 aliphatic carbocycles. The minimum Gasteiger partial charge on any atom is -0.469 e. The molecule has 0 amide bonds. The fraction of sp³-hybridized carbons (Fsp3) is 0.500. The van der Waals surface area contributed by atoms with E-state index in [4.69, 9.17) is 5.26 Å². The van der Waals surface area contributed by atoms with Crippen molar-refractivity contribution >= 4 is 11.8 Å². The number of rotatable bonds is 3. The summed E-state index contributed by atoms with van der Waals surface area (Å²) in [4.78, 5) is 14.9. The van der Waals surface area contributed by atoms with Crippen LogP contribution in [0, 0.1) is 17.2 Å². The lowest BCUT2D eigenvalue weighted by atomic mass is 10.1. The monoisotopic (exact) mass is 313 g/mol. The number of pyridine rings is 1. The summed E-state index contributed by atoms with van der Waals surface area (Å²) in [6.07, 6.45) is -2.95. The van der Waals surface area contributed by atoms with Gasteiger partial charge in [-0.05, 0) is 31.4 Å². The van der Waals surface area contributed by atoms with Gasteiger partial charge in [-0.2, -0.15) is 18.4 Å². The molecule has 2 atom stereocenters. The van der Waals surface area contributed by atoms with Crippen LogP contribution >= 0.6 is 0 Å². The first kappa shape index (κ1) is 16.1. The summed E-state index contributed by atoms with van der Waals surface area (Å²) >= 11 is 0. The predicted octanol–water partition coefficient (Wildman–Crippen LogP) is 2.73. The third kappa shape index (κ3) is 3.47. The van der Waals surface area contributed by atoms with Crippen LogP contribution in [-0.4, -0.2) is 24.1 Å². The van der Waals surface area contributed by atoms with Gasteiger partial charge in [0.1, 0.15) is 17.6 Å². The summed E-state index contributed by atoms with van der Waals surface area (Å²) in [6.45, 7) is 0. The van der Waals surface area contributed by atoms with E-state index in [1.165, 1.54) is 7.11 Å². The molecule has 0 spiro atoms. The molecule has 5 nitrogen and oxygen atoms in total. The quantitative estimate of drug-likeness (QED) is 0.868. The Kier molecular flexibility index (Phi) is 4.54. The van der Waals surface area contributed by atoms with Gasteiger partial charge in [0.05, 0.1) is 18.6 Å². The number of alkyl halides is 3. The number of nitrogens with one attached hydrogen (secondary N) is 1. The van der Waals surface area contributed by atoms with E-state index in [9.17, 15) is 18.0 Å². The smallest absolute Gasteiger partial charge is 0.433 e. The van der Waals surface area contributed by atoms with E-state index in [-0.39, 0.29) is 29.3 Å². The minimum absolute atomic E-state index is 0.0366. The number of carbonyl (C=O) groups is 1. The number of anilines is 1. The SMILES string of the molecule is COC(=O)[C@H]1CC[C@@H](Nc2nc(C(F)(F)F)ccc2C#N)C1. The molecular weight excluding hydrogens is 299 g/mol. The van der Waals surface area contributed by atoms with Gasteiger partial charge < -0.3 is 10.1 Å². The summed E-state index contributed by atoms with van der Waals surface area (Å²) in [7, 11) is 1.30. The lowest BCUT2D eigenvalue weighted by Gasteiger charge is -2.16. The molecule has 1 saturated carbocycles. The maximum atomic E-state index is 12.7. The number of esters is 1. The molecule has 118 valence electrons. The first-order chi connectivity index (χ1) is 10.3. The Balaban J connectivity index is 2.16. The van der Waals surface area contributed by atoms with Gasteiger partial charge in [0.25, 0.3) is 0 Å². The van der Waals surface area contributed by atoms with Crippen molar-refractivity contribution < 1.29 is 22.7 Å².